The lowest BCUT2D eigenvalue weighted by Gasteiger charge is -2.62. The smallest absolute Gasteiger partial charge is 0.266 e. The molecule has 1 amide bonds. The number of nitrogens with one attached hydrogen (secondary N) is 1. The maximum atomic E-state index is 13.3. The number of nitrogens with zero attached hydrogens (tertiary/aromatic N) is 8. The minimum absolute atomic E-state index is 0.107. The van der Waals surface area contributed by atoms with Gasteiger partial charge in [-0.3, -0.25) is 9.78 Å². The molecule has 3 aliphatic rings. The summed E-state index contributed by atoms with van der Waals surface area (Å²) in [5.74, 6) is 0.112. The van der Waals surface area contributed by atoms with Gasteiger partial charge in [-0.25, -0.2) is 13.3 Å². The largest absolute Gasteiger partial charge is 0.384 e. The Balaban J connectivity index is 1.09. The van der Waals surface area contributed by atoms with Gasteiger partial charge in [-0.2, -0.15) is 9.90 Å². The number of rotatable bonds is 6. The monoisotopic (exact) mass is 521 g/mol. The van der Waals surface area contributed by atoms with Gasteiger partial charge in [0.2, 0.25) is 5.82 Å². The molecule has 1 saturated heterocycles. The number of hydrogen-bond acceptors (Lipinski definition) is 8. The predicted octanol–water partition coefficient (Wildman–Crippen LogP) is 2.87. The van der Waals surface area contributed by atoms with Gasteiger partial charge in [-0.05, 0) is 56.0 Å². The van der Waals surface area contributed by atoms with E-state index in [0.717, 1.165) is 18.5 Å². The van der Waals surface area contributed by atoms with Crippen LogP contribution in [0.1, 0.15) is 47.8 Å². The number of hydrogen-bond donors (Lipinski definition) is 2. The van der Waals surface area contributed by atoms with Crippen LogP contribution in [-0.4, -0.2) is 70.9 Å². The molecule has 2 saturated carbocycles. The van der Waals surface area contributed by atoms with Crippen LogP contribution in [0.15, 0.2) is 36.8 Å². The third kappa shape index (κ3) is 3.71. The molecule has 0 unspecified atom stereocenters. The molecule has 2 aliphatic carbocycles. The van der Waals surface area contributed by atoms with Gasteiger partial charge in [0.15, 0.2) is 0 Å². The quantitative estimate of drug-likeness (QED) is 0.397. The fraction of sp³-hybridized carbons (Fsp3) is 0.440. The molecule has 2 N–H and O–H groups in total. The molecule has 0 aromatic carbocycles. The van der Waals surface area contributed by atoms with Crippen LogP contribution in [0, 0.1) is 12.3 Å². The van der Waals surface area contributed by atoms with E-state index in [1.54, 1.807) is 34.7 Å². The van der Waals surface area contributed by atoms with Crippen molar-refractivity contribution in [1.82, 2.24) is 34.8 Å². The summed E-state index contributed by atoms with van der Waals surface area (Å²) in [6.07, 6.45) is 4.52. The first-order chi connectivity index (χ1) is 18.2. The molecule has 0 atom stereocenters. The van der Waals surface area contributed by atoms with Crippen LogP contribution in [0.3, 0.4) is 0 Å². The summed E-state index contributed by atoms with van der Waals surface area (Å²) >= 11 is 0. The van der Waals surface area contributed by atoms with E-state index in [-0.39, 0.29) is 24.2 Å². The van der Waals surface area contributed by atoms with Crippen LogP contribution in [0.4, 0.5) is 20.2 Å². The molecule has 5 heterocycles. The molecular formula is C25H25F2N9O2. The van der Waals surface area contributed by atoms with Crippen molar-refractivity contribution in [2.75, 3.05) is 23.3 Å². The Morgan fingerprint density at radius 3 is 2.74 bits per heavy atom. The van der Waals surface area contributed by atoms with E-state index in [2.05, 4.69) is 35.7 Å². The highest BCUT2D eigenvalue weighted by Crippen LogP contribution is 2.56. The third-order valence-electron chi connectivity index (χ3n) is 7.83. The fourth-order valence-corrected chi connectivity index (χ4v) is 5.68. The zero-order chi connectivity index (χ0) is 26.2. The summed E-state index contributed by atoms with van der Waals surface area (Å²) in [6, 6.07) is 5.84. The highest BCUT2D eigenvalue weighted by Gasteiger charge is 2.63. The second-order valence-electron chi connectivity index (χ2n) is 10.9. The highest BCUT2D eigenvalue weighted by molar-refractivity contribution is 6.09. The summed E-state index contributed by atoms with van der Waals surface area (Å²) in [4.78, 5) is 21.4. The summed E-state index contributed by atoms with van der Waals surface area (Å²) in [6.45, 7) is 2.98. The number of fused-ring (bicyclic) bond motifs is 1. The van der Waals surface area contributed by atoms with E-state index >= 15 is 0 Å². The second-order valence-corrected chi connectivity index (χ2v) is 10.9. The SMILES string of the molecule is Cc1ncc(-c2nnn(C3CC3)n2)cc1NC(=O)c1cnn2ccc(N3CC4(C3)CC(O)(C(F)F)C4)cc12. The standard InChI is InChI=1S/C25H25F2N9O2/c1-14-19(6-15(8-28-14)21-31-33-36(32-21)16-2-3-16)30-22(37)18-9-29-35-5-4-17(7-20(18)35)34-12-24(13-34)10-25(38,11-24)23(26)27/h4-9,16,23,38H,2-3,10-13H2,1H3,(H,30,37). The molecule has 4 aromatic heterocycles. The Morgan fingerprint density at radius 1 is 1.21 bits per heavy atom. The molecule has 1 spiro atoms. The van der Waals surface area contributed by atoms with E-state index in [0.29, 0.717) is 53.0 Å². The van der Waals surface area contributed by atoms with Crippen molar-refractivity contribution in [3.8, 4) is 11.4 Å². The number of amides is 1. The van der Waals surface area contributed by atoms with Crippen LogP contribution in [-0.2, 0) is 0 Å². The van der Waals surface area contributed by atoms with Gasteiger partial charge in [0.25, 0.3) is 12.3 Å². The first-order valence-electron chi connectivity index (χ1n) is 12.5. The third-order valence-corrected chi connectivity index (χ3v) is 7.83. The maximum absolute atomic E-state index is 13.3. The van der Waals surface area contributed by atoms with Gasteiger partial charge in [-0.1, -0.05) is 0 Å². The Labute approximate surface area is 215 Å². The van der Waals surface area contributed by atoms with E-state index in [1.807, 2.05) is 12.1 Å². The molecule has 3 fully saturated rings. The summed E-state index contributed by atoms with van der Waals surface area (Å²) < 4.78 is 27.7. The molecular weight excluding hydrogens is 496 g/mol. The lowest BCUT2D eigenvalue weighted by Crippen LogP contribution is -2.70. The zero-order valence-electron chi connectivity index (χ0n) is 20.6. The number of carbonyl (C=O) groups excluding carboxylic acids is 1. The first-order valence-corrected chi connectivity index (χ1v) is 12.5. The van der Waals surface area contributed by atoms with Crippen molar-refractivity contribution in [3.63, 3.8) is 0 Å². The number of halogens is 2. The van der Waals surface area contributed by atoms with Crippen LogP contribution < -0.4 is 10.2 Å². The molecule has 0 radical (unpaired) electrons. The molecule has 11 nitrogen and oxygen atoms in total. The van der Waals surface area contributed by atoms with Crippen molar-refractivity contribution in [3.05, 3.63) is 48.0 Å². The van der Waals surface area contributed by atoms with Gasteiger partial charge in [0, 0.05) is 42.1 Å². The topological polar surface area (TPSA) is 126 Å². The predicted molar refractivity (Wildman–Crippen MR) is 132 cm³/mol. The van der Waals surface area contributed by atoms with Crippen molar-refractivity contribution in [2.45, 2.75) is 50.7 Å². The Bertz CT molecular complexity index is 1560. The van der Waals surface area contributed by atoms with Gasteiger partial charge in [-0.15, -0.1) is 10.2 Å². The summed E-state index contributed by atoms with van der Waals surface area (Å²) in [7, 11) is 0. The first kappa shape index (κ1) is 23.1. The normalized spacial score (nSPS) is 19.6. The van der Waals surface area contributed by atoms with Crippen LogP contribution in [0.2, 0.25) is 0 Å². The van der Waals surface area contributed by atoms with Gasteiger partial charge in [0.05, 0.1) is 34.7 Å². The Kier molecular flexibility index (Phi) is 4.87. The van der Waals surface area contributed by atoms with E-state index in [4.69, 9.17) is 0 Å². The summed E-state index contributed by atoms with van der Waals surface area (Å²) in [5, 5.41) is 29.9. The van der Waals surface area contributed by atoms with E-state index in [1.165, 1.54) is 6.20 Å². The van der Waals surface area contributed by atoms with Gasteiger partial charge in [0.1, 0.15) is 5.60 Å². The average Bonchev–Trinajstić information content (AvgIpc) is 3.42. The van der Waals surface area contributed by atoms with Crippen LogP contribution in [0.25, 0.3) is 16.9 Å². The lowest BCUT2D eigenvalue weighted by molar-refractivity contribution is -0.209. The molecule has 1 aliphatic heterocycles. The molecule has 4 aromatic rings. The van der Waals surface area contributed by atoms with Crippen LogP contribution in [0.5, 0.6) is 0 Å². The minimum atomic E-state index is -2.72. The molecule has 196 valence electrons. The average molecular weight is 522 g/mol. The fourth-order valence-electron chi connectivity index (χ4n) is 5.68. The van der Waals surface area contributed by atoms with Crippen LogP contribution >= 0.6 is 0 Å². The van der Waals surface area contributed by atoms with Crippen molar-refractivity contribution in [2.24, 2.45) is 5.41 Å². The number of aliphatic hydroxyl groups is 1. The molecule has 13 heteroatoms. The molecule has 0 bridgehead atoms. The Hall–Kier alpha value is -4.00. The number of carbonyl (C=O) groups is 1. The van der Waals surface area contributed by atoms with Gasteiger partial charge >= 0.3 is 0 Å². The number of tetrazole rings is 1. The maximum Gasteiger partial charge on any atom is 0.266 e. The number of aromatic nitrogens is 7. The van der Waals surface area contributed by atoms with E-state index < -0.39 is 12.0 Å². The lowest BCUT2D eigenvalue weighted by atomic mass is 9.55. The van der Waals surface area contributed by atoms with E-state index in [9.17, 15) is 18.7 Å². The van der Waals surface area contributed by atoms with Crippen molar-refractivity contribution >= 4 is 22.8 Å². The molecule has 7 rings (SSSR count). The number of aryl methyl sites for hydroxylation is 1. The zero-order valence-corrected chi connectivity index (χ0v) is 20.6. The van der Waals surface area contributed by atoms with Crippen molar-refractivity contribution < 1.29 is 18.7 Å². The number of pyridine rings is 2. The second kappa shape index (κ2) is 8.00. The minimum Gasteiger partial charge on any atom is -0.384 e. The highest BCUT2D eigenvalue weighted by atomic mass is 19.3. The van der Waals surface area contributed by atoms with Gasteiger partial charge < -0.3 is 15.3 Å². The Morgan fingerprint density at radius 2 is 2.00 bits per heavy atom. The summed E-state index contributed by atoms with van der Waals surface area (Å²) in [5.41, 5.74) is 1.58. The van der Waals surface area contributed by atoms with Crippen molar-refractivity contribution in [1.29, 1.82) is 0 Å². The number of alkyl halides is 2. The number of anilines is 2. The molecule has 38 heavy (non-hydrogen) atoms.